The fraction of sp³-hybridized carbons (Fsp3) is 0.312. The van der Waals surface area contributed by atoms with E-state index in [2.05, 4.69) is 5.32 Å². The Morgan fingerprint density at radius 3 is 2.76 bits per heavy atom. The predicted octanol–water partition coefficient (Wildman–Crippen LogP) is 2.78. The zero-order chi connectivity index (χ0) is 14.8. The summed E-state index contributed by atoms with van der Waals surface area (Å²) in [5.74, 6) is 0.536. The molecule has 2 aromatic carbocycles. The Labute approximate surface area is 128 Å². The van der Waals surface area contributed by atoms with Crippen molar-refractivity contribution in [2.75, 3.05) is 13.7 Å². The summed E-state index contributed by atoms with van der Waals surface area (Å²) in [6, 6.07) is 11.3. The van der Waals surface area contributed by atoms with Crippen molar-refractivity contribution < 1.29 is 14.3 Å². The Morgan fingerprint density at radius 2 is 2.00 bits per heavy atom. The highest BCUT2D eigenvalue weighted by Gasteiger charge is 2.31. The van der Waals surface area contributed by atoms with Gasteiger partial charge in [0.25, 0.3) is 0 Å². The molecule has 0 aliphatic carbocycles. The fourth-order valence-electron chi connectivity index (χ4n) is 2.63. The van der Waals surface area contributed by atoms with Gasteiger partial charge in [0.2, 0.25) is 0 Å². The molecule has 110 valence electrons. The van der Waals surface area contributed by atoms with Crippen LogP contribution >= 0.6 is 11.6 Å². The summed E-state index contributed by atoms with van der Waals surface area (Å²) in [5.41, 5.74) is 0. The largest absolute Gasteiger partial charge is 0.488 e. The molecule has 0 amide bonds. The van der Waals surface area contributed by atoms with Crippen molar-refractivity contribution in [1.29, 1.82) is 0 Å². The fourth-order valence-corrected chi connectivity index (χ4v) is 2.86. The van der Waals surface area contributed by atoms with Gasteiger partial charge in [0.1, 0.15) is 17.9 Å². The standard InChI is InChI=1S/C16H16ClNO3/c1-20-16(19)14-8-10(9-18-14)21-15-7-6-13(17)11-4-2-3-5-12(11)15/h2-7,10,14,18H,8-9H2,1H3/t10-,14-/m1/s1. The smallest absolute Gasteiger partial charge is 0.323 e. The molecule has 1 aliphatic rings. The van der Waals surface area contributed by atoms with Crippen molar-refractivity contribution in [2.24, 2.45) is 0 Å². The molecule has 1 saturated heterocycles. The second-order valence-corrected chi connectivity index (χ2v) is 5.46. The van der Waals surface area contributed by atoms with Crippen LogP contribution in [0.15, 0.2) is 36.4 Å². The van der Waals surface area contributed by atoms with Crippen LogP contribution in [0.3, 0.4) is 0 Å². The number of hydrogen-bond donors (Lipinski definition) is 1. The molecule has 3 rings (SSSR count). The highest BCUT2D eigenvalue weighted by atomic mass is 35.5. The van der Waals surface area contributed by atoms with Gasteiger partial charge in [-0.15, -0.1) is 0 Å². The lowest BCUT2D eigenvalue weighted by Gasteiger charge is -2.15. The van der Waals surface area contributed by atoms with Gasteiger partial charge in [-0.3, -0.25) is 4.79 Å². The van der Waals surface area contributed by atoms with Gasteiger partial charge in [-0.05, 0) is 12.1 Å². The van der Waals surface area contributed by atoms with Crippen LogP contribution < -0.4 is 10.1 Å². The van der Waals surface area contributed by atoms with E-state index in [1.54, 1.807) is 0 Å². The number of carbonyl (C=O) groups excluding carboxylic acids is 1. The van der Waals surface area contributed by atoms with E-state index in [1.165, 1.54) is 7.11 Å². The van der Waals surface area contributed by atoms with Crippen molar-refractivity contribution >= 4 is 28.3 Å². The van der Waals surface area contributed by atoms with Gasteiger partial charge in [0.05, 0.1) is 7.11 Å². The van der Waals surface area contributed by atoms with Crippen molar-refractivity contribution in [3.05, 3.63) is 41.4 Å². The molecule has 1 N–H and O–H groups in total. The topological polar surface area (TPSA) is 47.6 Å². The van der Waals surface area contributed by atoms with Gasteiger partial charge in [-0.1, -0.05) is 35.9 Å². The third kappa shape index (κ3) is 2.82. The molecule has 0 unspecified atom stereocenters. The van der Waals surface area contributed by atoms with Crippen LogP contribution in [-0.2, 0) is 9.53 Å². The lowest BCUT2D eigenvalue weighted by Crippen LogP contribution is -2.31. The van der Waals surface area contributed by atoms with Crippen LogP contribution in [0.5, 0.6) is 5.75 Å². The summed E-state index contributed by atoms with van der Waals surface area (Å²) in [4.78, 5) is 11.5. The molecular formula is C16H16ClNO3. The highest BCUT2D eigenvalue weighted by Crippen LogP contribution is 2.32. The summed E-state index contributed by atoms with van der Waals surface area (Å²) in [6.45, 7) is 0.622. The minimum Gasteiger partial charge on any atom is -0.488 e. The average Bonchev–Trinajstić information content (AvgIpc) is 2.98. The van der Waals surface area contributed by atoms with Crippen molar-refractivity contribution in [3.8, 4) is 5.75 Å². The van der Waals surface area contributed by atoms with E-state index >= 15 is 0 Å². The first-order valence-corrected chi connectivity index (χ1v) is 7.22. The maximum absolute atomic E-state index is 11.5. The zero-order valence-electron chi connectivity index (χ0n) is 11.6. The minimum atomic E-state index is -0.293. The molecule has 4 nitrogen and oxygen atoms in total. The molecule has 0 bridgehead atoms. The lowest BCUT2D eigenvalue weighted by molar-refractivity contribution is -0.142. The monoisotopic (exact) mass is 305 g/mol. The summed E-state index contributed by atoms with van der Waals surface area (Å²) < 4.78 is 10.8. The summed E-state index contributed by atoms with van der Waals surface area (Å²) in [5, 5.41) is 5.76. The number of carbonyl (C=O) groups is 1. The molecule has 1 aliphatic heterocycles. The Hall–Kier alpha value is -1.78. The molecule has 5 heteroatoms. The first kappa shape index (κ1) is 14.2. The summed E-state index contributed by atoms with van der Waals surface area (Å²) in [6.07, 6.45) is 0.544. The van der Waals surface area contributed by atoms with Crippen LogP contribution in [0.25, 0.3) is 10.8 Å². The van der Waals surface area contributed by atoms with E-state index in [4.69, 9.17) is 21.1 Å². The number of hydrogen-bond acceptors (Lipinski definition) is 4. The Morgan fingerprint density at radius 1 is 1.24 bits per heavy atom. The third-order valence-electron chi connectivity index (χ3n) is 3.70. The number of ether oxygens (including phenoxy) is 2. The van der Waals surface area contributed by atoms with Crippen LogP contribution in [0.4, 0.5) is 0 Å². The van der Waals surface area contributed by atoms with Gasteiger partial charge < -0.3 is 14.8 Å². The zero-order valence-corrected chi connectivity index (χ0v) is 12.4. The maximum atomic E-state index is 11.5. The van der Waals surface area contributed by atoms with Crippen LogP contribution in [0, 0.1) is 0 Å². The Kier molecular flexibility index (Phi) is 3.99. The molecule has 2 aromatic rings. The predicted molar refractivity (Wildman–Crippen MR) is 81.8 cm³/mol. The van der Waals surface area contributed by atoms with Crippen LogP contribution in [0.1, 0.15) is 6.42 Å². The van der Waals surface area contributed by atoms with E-state index in [9.17, 15) is 4.79 Å². The van der Waals surface area contributed by atoms with E-state index in [1.807, 2.05) is 36.4 Å². The van der Waals surface area contributed by atoms with Gasteiger partial charge >= 0.3 is 5.97 Å². The SMILES string of the molecule is COC(=O)[C@H]1C[C@@H](Oc2ccc(Cl)c3ccccc23)CN1. The minimum absolute atomic E-state index is 0.0568. The Balaban J connectivity index is 1.80. The third-order valence-corrected chi connectivity index (χ3v) is 4.03. The normalized spacial score (nSPS) is 21.4. The van der Waals surface area contributed by atoms with Crippen molar-refractivity contribution in [2.45, 2.75) is 18.6 Å². The molecule has 0 radical (unpaired) electrons. The number of halogens is 1. The van der Waals surface area contributed by atoms with Gasteiger partial charge in [0.15, 0.2) is 0 Å². The molecule has 21 heavy (non-hydrogen) atoms. The molecule has 2 atom stereocenters. The van der Waals surface area contributed by atoms with Crippen molar-refractivity contribution in [3.63, 3.8) is 0 Å². The molecule has 1 fully saturated rings. The molecule has 1 heterocycles. The number of fused-ring (bicyclic) bond motifs is 1. The first-order valence-electron chi connectivity index (χ1n) is 6.84. The summed E-state index contributed by atoms with van der Waals surface area (Å²) >= 11 is 6.20. The average molecular weight is 306 g/mol. The second kappa shape index (κ2) is 5.92. The van der Waals surface area contributed by atoms with E-state index in [0.717, 1.165) is 16.5 Å². The van der Waals surface area contributed by atoms with E-state index in [-0.39, 0.29) is 18.1 Å². The highest BCUT2D eigenvalue weighted by molar-refractivity contribution is 6.35. The first-order chi connectivity index (χ1) is 10.2. The quantitative estimate of drug-likeness (QED) is 0.886. The van der Waals surface area contributed by atoms with Gasteiger partial charge in [0, 0.05) is 28.8 Å². The lowest BCUT2D eigenvalue weighted by atomic mass is 10.1. The number of esters is 1. The number of nitrogens with one attached hydrogen (secondary N) is 1. The molecule has 0 saturated carbocycles. The van der Waals surface area contributed by atoms with Crippen LogP contribution in [-0.4, -0.2) is 31.8 Å². The molecular weight excluding hydrogens is 290 g/mol. The number of benzene rings is 2. The summed E-state index contributed by atoms with van der Waals surface area (Å²) in [7, 11) is 1.39. The molecule has 0 spiro atoms. The van der Waals surface area contributed by atoms with E-state index < -0.39 is 0 Å². The van der Waals surface area contributed by atoms with Gasteiger partial charge in [-0.25, -0.2) is 0 Å². The molecule has 0 aromatic heterocycles. The van der Waals surface area contributed by atoms with Crippen LogP contribution in [0.2, 0.25) is 5.02 Å². The Bertz CT molecular complexity index is 674. The number of rotatable bonds is 3. The van der Waals surface area contributed by atoms with Gasteiger partial charge in [-0.2, -0.15) is 0 Å². The second-order valence-electron chi connectivity index (χ2n) is 5.05. The maximum Gasteiger partial charge on any atom is 0.323 e. The van der Waals surface area contributed by atoms with E-state index in [0.29, 0.717) is 18.0 Å². The van der Waals surface area contributed by atoms with Crippen molar-refractivity contribution in [1.82, 2.24) is 5.32 Å². The number of methoxy groups -OCH3 is 1.